The fourth-order valence-corrected chi connectivity index (χ4v) is 3.45. The molecule has 6 nitrogen and oxygen atoms in total. The first-order chi connectivity index (χ1) is 10.9. The smallest absolute Gasteiger partial charge is 0.325 e. The van der Waals surface area contributed by atoms with Crippen LogP contribution in [-0.2, 0) is 9.59 Å². The van der Waals surface area contributed by atoms with Crippen molar-refractivity contribution in [1.29, 1.82) is 0 Å². The first kappa shape index (κ1) is 17.5. The van der Waals surface area contributed by atoms with Crippen molar-refractivity contribution in [2.75, 3.05) is 19.6 Å². The summed E-state index contributed by atoms with van der Waals surface area (Å²) in [5, 5.41) is 2.86. The van der Waals surface area contributed by atoms with E-state index in [1.165, 1.54) is 4.90 Å². The van der Waals surface area contributed by atoms with Crippen LogP contribution < -0.4 is 5.32 Å². The van der Waals surface area contributed by atoms with Gasteiger partial charge in [0, 0.05) is 26.1 Å². The van der Waals surface area contributed by atoms with E-state index < -0.39 is 5.54 Å². The molecule has 1 N–H and O–H groups in total. The Morgan fingerprint density at radius 3 is 2.57 bits per heavy atom. The molecule has 0 atom stereocenters. The predicted molar refractivity (Wildman–Crippen MR) is 87.7 cm³/mol. The van der Waals surface area contributed by atoms with Gasteiger partial charge in [0.2, 0.25) is 5.91 Å². The SMILES string of the molecule is C=C(C)CN(CC)C(=O)CCCN1C(=O)NC2(CCCC2)C1=O. The van der Waals surface area contributed by atoms with E-state index in [4.69, 9.17) is 0 Å². The van der Waals surface area contributed by atoms with Crippen molar-refractivity contribution in [3.05, 3.63) is 12.2 Å². The number of hydrogen-bond donors (Lipinski definition) is 1. The number of urea groups is 1. The molecule has 0 unspecified atom stereocenters. The third-order valence-electron chi connectivity index (χ3n) is 4.67. The Bertz CT molecular complexity index is 509. The summed E-state index contributed by atoms with van der Waals surface area (Å²) in [7, 11) is 0. The number of nitrogens with zero attached hydrogens (tertiary/aromatic N) is 2. The van der Waals surface area contributed by atoms with Crippen molar-refractivity contribution in [3.63, 3.8) is 0 Å². The first-order valence-corrected chi connectivity index (χ1v) is 8.46. The Morgan fingerprint density at radius 1 is 1.35 bits per heavy atom. The number of likely N-dealkylation sites (N-methyl/N-ethyl adjacent to an activating group) is 1. The Labute approximate surface area is 137 Å². The van der Waals surface area contributed by atoms with Gasteiger partial charge >= 0.3 is 6.03 Å². The summed E-state index contributed by atoms with van der Waals surface area (Å²) in [5.74, 6) is -0.0696. The number of amides is 4. The molecule has 2 fully saturated rings. The highest BCUT2D eigenvalue weighted by molar-refractivity contribution is 6.07. The van der Waals surface area contributed by atoms with Crippen molar-refractivity contribution < 1.29 is 14.4 Å². The van der Waals surface area contributed by atoms with Gasteiger partial charge in [-0.05, 0) is 33.1 Å². The summed E-state index contributed by atoms with van der Waals surface area (Å²) in [6, 6.07) is -0.307. The monoisotopic (exact) mass is 321 g/mol. The minimum absolute atomic E-state index is 0.0399. The third kappa shape index (κ3) is 3.74. The number of nitrogens with one attached hydrogen (secondary N) is 1. The van der Waals surface area contributed by atoms with E-state index in [9.17, 15) is 14.4 Å². The Balaban J connectivity index is 1.84. The summed E-state index contributed by atoms with van der Waals surface area (Å²) in [6.07, 6.45) is 4.26. The molecule has 2 rings (SSSR count). The van der Waals surface area contributed by atoms with Gasteiger partial charge in [-0.2, -0.15) is 0 Å². The first-order valence-electron chi connectivity index (χ1n) is 8.46. The molecular formula is C17H27N3O3. The molecule has 23 heavy (non-hydrogen) atoms. The molecule has 1 heterocycles. The zero-order valence-electron chi connectivity index (χ0n) is 14.2. The van der Waals surface area contributed by atoms with Gasteiger partial charge in [-0.25, -0.2) is 4.79 Å². The largest absolute Gasteiger partial charge is 0.339 e. The molecule has 4 amide bonds. The van der Waals surface area contributed by atoms with Gasteiger partial charge in [-0.15, -0.1) is 0 Å². The summed E-state index contributed by atoms with van der Waals surface area (Å²) >= 11 is 0. The normalized spacial score (nSPS) is 19.3. The van der Waals surface area contributed by atoms with Gasteiger partial charge in [0.25, 0.3) is 5.91 Å². The summed E-state index contributed by atoms with van der Waals surface area (Å²) in [4.78, 5) is 39.7. The Hall–Kier alpha value is -1.85. The van der Waals surface area contributed by atoms with Crippen molar-refractivity contribution in [3.8, 4) is 0 Å². The van der Waals surface area contributed by atoms with Gasteiger partial charge in [-0.3, -0.25) is 14.5 Å². The van der Waals surface area contributed by atoms with Crippen LogP contribution in [0.1, 0.15) is 52.4 Å². The molecule has 0 aromatic heterocycles. The van der Waals surface area contributed by atoms with Crippen LogP contribution in [0.2, 0.25) is 0 Å². The number of rotatable bonds is 7. The molecule has 128 valence electrons. The van der Waals surface area contributed by atoms with E-state index in [1.54, 1.807) is 4.90 Å². The van der Waals surface area contributed by atoms with Gasteiger partial charge in [0.05, 0.1) is 0 Å². The standard InChI is InChI=1S/C17H27N3O3/c1-4-19(12-13(2)3)14(21)8-7-11-20-15(22)17(18-16(20)23)9-5-6-10-17/h2,4-12H2,1,3H3,(H,18,23). The van der Waals surface area contributed by atoms with Crippen LogP contribution in [0.5, 0.6) is 0 Å². The quantitative estimate of drug-likeness (QED) is 0.576. The van der Waals surface area contributed by atoms with Crippen LogP contribution >= 0.6 is 0 Å². The minimum atomic E-state index is -0.656. The van der Waals surface area contributed by atoms with Gasteiger partial charge in [0.15, 0.2) is 0 Å². The fraction of sp³-hybridized carbons (Fsp3) is 0.706. The van der Waals surface area contributed by atoms with Crippen molar-refractivity contribution in [2.24, 2.45) is 0 Å². The Kier molecular flexibility index (Phi) is 5.44. The van der Waals surface area contributed by atoms with Crippen molar-refractivity contribution in [2.45, 2.75) is 57.9 Å². The van der Waals surface area contributed by atoms with E-state index in [0.29, 0.717) is 32.5 Å². The topological polar surface area (TPSA) is 69.7 Å². The molecule has 0 bridgehead atoms. The number of hydrogen-bond acceptors (Lipinski definition) is 3. The minimum Gasteiger partial charge on any atom is -0.339 e. The molecule has 0 aromatic carbocycles. The molecule has 2 aliphatic rings. The average molecular weight is 321 g/mol. The van der Waals surface area contributed by atoms with Gasteiger partial charge in [0.1, 0.15) is 5.54 Å². The Morgan fingerprint density at radius 2 is 2.00 bits per heavy atom. The van der Waals surface area contributed by atoms with Crippen LogP contribution in [0.4, 0.5) is 4.79 Å². The van der Waals surface area contributed by atoms with Crippen molar-refractivity contribution >= 4 is 17.8 Å². The lowest BCUT2D eigenvalue weighted by molar-refractivity contribution is -0.133. The lowest BCUT2D eigenvalue weighted by atomic mass is 9.98. The van der Waals surface area contributed by atoms with Crippen LogP contribution in [0.25, 0.3) is 0 Å². The lowest BCUT2D eigenvalue weighted by Crippen LogP contribution is -2.44. The van der Waals surface area contributed by atoms with E-state index in [0.717, 1.165) is 31.3 Å². The van der Waals surface area contributed by atoms with Gasteiger partial charge in [-0.1, -0.05) is 25.0 Å². The summed E-state index contributed by atoms with van der Waals surface area (Å²) < 4.78 is 0. The number of imide groups is 1. The highest BCUT2D eigenvalue weighted by atomic mass is 16.2. The molecule has 0 aromatic rings. The van der Waals surface area contributed by atoms with Crippen LogP contribution in [0.15, 0.2) is 12.2 Å². The zero-order chi connectivity index (χ0) is 17.0. The van der Waals surface area contributed by atoms with E-state index in [1.807, 2.05) is 13.8 Å². The average Bonchev–Trinajstić information content (AvgIpc) is 3.05. The molecule has 1 saturated carbocycles. The fourth-order valence-electron chi connectivity index (χ4n) is 3.45. The highest BCUT2D eigenvalue weighted by Gasteiger charge is 2.52. The van der Waals surface area contributed by atoms with E-state index >= 15 is 0 Å². The maximum atomic E-state index is 12.5. The second kappa shape index (κ2) is 7.15. The van der Waals surface area contributed by atoms with Crippen LogP contribution in [0, 0.1) is 0 Å². The molecule has 1 aliphatic carbocycles. The molecular weight excluding hydrogens is 294 g/mol. The molecule has 0 radical (unpaired) electrons. The van der Waals surface area contributed by atoms with E-state index in [-0.39, 0.29) is 17.8 Å². The van der Waals surface area contributed by atoms with Crippen LogP contribution in [0.3, 0.4) is 0 Å². The second-order valence-corrected chi connectivity index (χ2v) is 6.64. The maximum absolute atomic E-state index is 12.5. The number of carbonyl (C=O) groups excluding carboxylic acids is 3. The van der Waals surface area contributed by atoms with Crippen LogP contribution in [-0.4, -0.2) is 52.8 Å². The molecule has 1 spiro atoms. The summed E-state index contributed by atoms with van der Waals surface area (Å²) in [6.45, 7) is 9.16. The maximum Gasteiger partial charge on any atom is 0.325 e. The second-order valence-electron chi connectivity index (χ2n) is 6.64. The molecule has 6 heteroatoms. The van der Waals surface area contributed by atoms with Crippen molar-refractivity contribution in [1.82, 2.24) is 15.1 Å². The zero-order valence-corrected chi connectivity index (χ0v) is 14.2. The van der Waals surface area contributed by atoms with E-state index in [2.05, 4.69) is 11.9 Å². The van der Waals surface area contributed by atoms with Gasteiger partial charge < -0.3 is 10.2 Å². The lowest BCUT2D eigenvalue weighted by Gasteiger charge is -2.22. The molecule has 1 saturated heterocycles. The molecule has 1 aliphatic heterocycles. The number of carbonyl (C=O) groups is 3. The summed E-state index contributed by atoms with van der Waals surface area (Å²) in [5.41, 5.74) is 0.286. The third-order valence-corrected chi connectivity index (χ3v) is 4.67. The highest BCUT2D eigenvalue weighted by Crippen LogP contribution is 2.35. The predicted octanol–water partition coefficient (Wildman–Crippen LogP) is 2.06.